The molecule has 20 heavy (non-hydrogen) atoms. The smallest absolute Gasteiger partial charge is 0.257 e. The van der Waals surface area contributed by atoms with Gasteiger partial charge in [-0.3, -0.25) is 4.79 Å². The van der Waals surface area contributed by atoms with Crippen molar-refractivity contribution in [3.63, 3.8) is 0 Å². The number of rotatable bonds is 3. The van der Waals surface area contributed by atoms with Crippen molar-refractivity contribution in [3.8, 4) is 0 Å². The lowest BCUT2D eigenvalue weighted by Gasteiger charge is -2.25. The van der Waals surface area contributed by atoms with E-state index in [2.05, 4.69) is 9.97 Å². The van der Waals surface area contributed by atoms with Crippen LogP contribution in [0.1, 0.15) is 21.7 Å². The Balaban J connectivity index is 1.77. The third-order valence-corrected chi connectivity index (χ3v) is 5.00. The Morgan fingerprint density at radius 1 is 1.25 bits per heavy atom. The first kappa shape index (κ1) is 13.5. The molecule has 1 aromatic heterocycles. The van der Waals surface area contributed by atoms with Crippen LogP contribution in [0.4, 0.5) is 0 Å². The average Bonchev–Trinajstić information content (AvgIpc) is 2.80. The van der Waals surface area contributed by atoms with E-state index in [1.807, 2.05) is 13.8 Å². The molecule has 1 aromatic rings. The van der Waals surface area contributed by atoms with Crippen molar-refractivity contribution >= 4 is 5.91 Å². The Bertz CT molecular complexity index is 522. The van der Waals surface area contributed by atoms with Crippen molar-refractivity contribution < 1.29 is 15.0 Å². The van der Waals surface area contributed by atoms with Gasteiger partial charge in [0.2, 0.25) is 0 Å². The molecule has 108 valence electrons. The highest BCUT2D eigenvalue weighted by molar-refractivity contribution is 5.96. The number of hydrogen-bond donors (Lipinski definition) is 2. The number of hydrogen-bond acceptors (Lipinski definition) is 5. The van der Waals surface area contributed by atoms with Crippen LogP contribution in [0.2, 0.25) is 0 Å². The number of aliphatic hydroxyl groups excluding tert-OH is 2. The molecule has 1 aliphatic heterocycles. The molecule has 0 radical (unpaired) electrons. The summed E-state index contributed by atoms with van der Waals surface area (Å²) in [6.45, 7) is 4.80. The number of carbonyl (C=O) groups is 1. The van der Waals surface area contributed by atoms with Crippen LogP contribution in [0.3, 0.4) is 0 Å². The van der Waals surface area contributed by atoms with E-state index in [1.54, 1.807) is 4.90 Å². The van der Waals surface area contributed by atoms with Gasteiger partial charge in [-0.15, -0.1) is 0 Å². The quantitative estimate of drug-likeness (QED) is 0.797. The molecule has 2 atom stereocenters. The first-order valence-electron chi connectivity index (χ1n) is 6.84. The predicted octanol–water partition coefficient (Wildman–Crippen LogP) is -0.234. The second-order valence-corrected chi connectivity index (χ2v) is 5.89. The lowest BCUT2D eigenvalue weighted by Crippen LogP contribution is -2.37. The number of amides is 1. The van der Waals surface area contributed by atoms with E-state index >= 15 is 0 Å². The van der Waals surface area contributed by atoms with Gasteiger partial charge in [-0.2, -0.15) is 0 Å². The molecule has 1 saturated carbocycles. The summed E-state index contributed by atoms with van der Waals surface area (Å²) in [5, 5.41) is 18.8. The molecule has 2 fully saturated rings. The molecule has 2 aliphatic rings. The highest BCUT2D eigenvalue weighted by Crippen LogP contribution is 2.62. The Labute approximate surface area is 117 Å². The van der Waals surface area contributed by atoms with E-state index in [9.17, 15) is 15.0 Å². The summed E-state index contributed by atoms with van der Waals surface area (Å²) in [4.78, 5) is 22.5. The molecule has 2 heterocycles. The molecule has 0 aromatic carbocycles. The third-order valence-electron chi connectivity index (χ3n) is 5.00. The first-order chi connectivity index (χ1) is 9.55. The summed E-state index contributed by atoms with van der Waals surface area (Å²) in [5.41, 5.74) is 1.60. The van der Waals surface area contributed by atoms with Gasteiger partial charge in [0.05, 0.1) is 30.2 Å². The van der Waals surface area contributed by atoms with Crippen molar-refractivity contribution in [3.05, 3.63) is 23.3 Å². The van der Waals surface area contributed by atoms with Gasteiger partial charge in [0.25, 0.3) is 5.91 Å². The van der Waals surface area contributed by atoms with Crippen molar-refractivity contribution in [2.45, 2.75) is 13.8 Å². The Morgan fingerprint density at radius 2 is 1.75 bits per heavy atom. The fraction of sp³-hybridized carbons (Fsp3) is 0.643. The number of nitrogens with zero attached hydrogens (tertiary/aromatic N) is 3. The normalized spacial score (nSPS) is 26.5. The summed E-state index contributed by atoms with van der Waals surface area (Å²) in [6, 6.07) is 0. The molecule has 1 aliphatic carbocycles. The zero-order chi connectivity index (χ0) is 14.5. The van der Waals surface area contributed by atoms with Crippen molar-refractivity contribution in [1.82, 2.24) is 14.9 Å². The summed E-state index contributed by atoms with van der Waals surface area (Å²) >= 11 is 0. The molecule has 2 N–H and O–H groups in total. The molecule has 2 unspecified atom stereocenters. The van der Waals surface area contributed by atoms with Gasteiger partial charge in [-0.1, -0.05) is 0 Å². The number of likely N-dealkylation sites (tertiary alicyclic amines) is 1. The summed E-state index contributed by atoms with van der Waals surface area (Å²) in [6.07, 6.45) is 1.46. The fourth-order valence-electron chi connectivity index (χ4n) is 3.58. The van der Waals surface area contributed by atoms with E-state index in [4.69, 9.17) is 0 Å². The van der Waals surface area contributed by atoms with Crippen LogP contribution in [0.5, 0.6) is 0 Å². The Kier molecular flexibility index (Phi) is 3.02. The summed E-state index contributed by atoms with van der Waals surface area (Å²) < 4.78 is 0. The molecule has 0 spiro atoms. The van der Waals surface area contributed by atoms with Crippen LogP contribution in [-0.2, 0) is 0 Å². The zero-order valence-electron chi connectivity index (χ0n) is 11.7. The number of aliphatic hydroxyl groups is 2. The van der Waals surface area contributed by atoms with Gasteiger partial charge in [-0.25, -0.2) is 9.97 Å². The number of fused-ring (bicyclic) bond motifs is 1. The number of aryl methyl sites for hydroxylation is 2. The SMILES string of the molecule is Cc1ncnc(C)c1C(=O)N1CC2C(C1)C2(CO)CO. The minimum absolute atomic E-state index is 0.00658. The molecule has 1 amide bonds. The highest BCUT2D eigenvalue weighted by atomic mass is 16.3. The van der Waals surface area contributed by atoms with E-state index in [-0.39, 0.29) is 36.4 Å². The molecular formula is C14H19N3O3. The Morgan fingerprint density at radius 3 is 2.20 bits per heavy atom. The van der Waals surface area contributed by atoms with Gasteiger partial charge in [0.15, 0.2) is 0 Å². The minimum atomic E-state index is -0.367. The first-order valence-corrected chi connectivity index (χ1v) is 6.84. The van der Waals surface area contributed by atoms with Gasteiger partial charge < -0.3 is 15.1 Å². The average molecular weight is 277 g/mol. The summed E-state index contributed by atoms with van der Waals surface area (Å²) in [7, 11) is 0. The highest BCUT2D eigenvalue weighted by Gasteiger charge is 2.68. The van der Waals surface area contributed by atoms with E-state index in [0.717, 1.165) is 0 Å². The maximum absolute atomic E-state index is 12.6. The molecule has 6 nitrogen and oxygen atoms in total. The third kappa shape index (κ3) is 1.68. The van der Waals surface area contributed by atoms with Gasteiger partial charge >= 0.3 is 0 Å². The second kappa shape index (κ2) is 4.49. The minimum Gasteiger partial charge on any atom is -0.396 e. The van der Waals surface area contributed by atoms with Crippen molar-refractivity contribution in [2.75, 3.05) is 26.3 Å². The largest absolute Gasteiger partial charge is 0.396 e. The van der Waals surface area contributed by atoms with Gasteiger partial charge in [-0.05, 0) is 25.7 Å². The maximum atomic E-state index is 12.6. The molecule has 3 rings (SSSR count). The van der Waals surface area contributed by atoms with Gasteiger partial charge in [0.1, 0.15) is 6.33 Å². The lowest BCUT2D eigenvalue weighted by atomic mass is 10.0. The van der Waals surface area contributed by atoms with Crippen LogP contribution in [-0.4, -0.2) is 57.3 Å². The summed E-state index contributed by atoms with van der Waals surface area (Å²) in [5.74, 6) is 0.385. The molecule has 1 saturated heterocycles. The number of aromatic nitrogens is 2. The maximum Gasteiger partial charge on any atom is 0.257 e. The van der Waals surface area contributed by atoms with E-state index in [1.165, 1.54) is 6.33 Å². The molecule has 6 heteroatoms. The van der Waals surface area contributed by atoms with Gasteiger partial charge in [0, 0.05) is 18.5 Å². The van der Waals surface area contributed by atoms with Crippen LogP contribution >= 0.6 is 0 Å². The van der Waals surface area contributed by atoms with Crippen molar-refractivity contribution in [1.29, 1.82) is 0 Å². The standard InChI is InChI=1S/C14H19N3O3/c1-8-12(9(2)16-7-15-8)13(20)17-3-10-11(4-17)14(10,5-18)6-19/h7,10-11,18-19H,3-6H2,1-2H3. The molecule has 0 bridgehead atoms. The predicted molar refractivity (Wildman–Crippen MR) is 71.0 cm³/mol. The van der Waals surface area contributed by atoms with Crippen LogP contribution in [0.15, 0.2) is 6.33 Å². The number of carbonyl (C=O) groups excluding carboxylic acids is 1. The fourth-order valence-corrected chi connectivity index (χ4v) is 3.58. The van der Waals surface area contributed by atoms with Crippen molar-refractivity contribution in [2.24, 2.45) is 17.3 Å². The second-order valence-electron chi connectivity index (χ2n) is 5.89. The van der Waals surface area contributed by atoms with Crippen LogP contribution in [0, 0.1) is 31.1 Å². The zero-order valence-corrected chi connectivity index (χ0v) is 11.7. The van der Waals surface area contributed by atoms with E-state index in [0.29, 0.717) is 30.0 Å². The number of piperidine rings is 1. The lowest BCUT2D eigenvalue weighted by molar-refractivity contribution is 0.0635. The Hall–Kier alpha value is -1.53. The van der Waals surface area contributed by atoms with E-state index < -0.39 is 0 Å². The monoisotopic (exact) mass is 277 g/mol. The molecular weight excluding hydrogens is 258 g/mol. The topological polar surface area (TPSA) is 86.6 Å². The van der Waals surface area contributed by atoms with Crippen LogP contribution in [0.25, 0.3) is 0 Å². The van der Waals surface area contributed by atoms with Crippen LogP contribution < -0.4 is 0 Å².